The van der Waals surface area contributed by atoms with Crippen LogP contribution in [0.5, 0.6) is 5.75 Å². The molecule has 164 valence electrons. The fraction of sp³-hybridized carbons (Fsp3) is 0.308. The second-order valence-electron chi connectivity index (χ2n) is 8.40. The predicted molar refractivity (Wildman–Crippen MR) is 128 cm³/mol. The summed E-state index contributed by atoms with van der Waals surface area (Å²) in [7, 11) is 3.96. The van der Waals surface area contributed by atoms with Crippen LogP contribution in [0, 0.1) is 0 Å². The normalized spacial score (nSPS) is 14.2. The van der Waals surface area contributed by atoms with Crippen LogP contribution in [0.1, 0.15) is 12.8 Å². The maximum absolute atomic E-state index is 6.26. The first-order valence-electron chi connectivity index (χ1n) is 11.2. The molecular formula is C26H28N4O2. The van der Waals surface area contributed by atoms with Crippen molar-refractivity contribution < 1.29 is 9.15 Å². The van der Waals surface area contributed by atoms with Crippen molar-refractivity contribution in [2.75, 3.05) is 45.2 Å². The van der Waals surface area contributed by atoms with Crippen molar-refractivity contribution in [1.29, 1.82) is 0 Å². The lowest BCUT2D eigenvalue weighted by Gasteiger charge is -2.14. The van der Waals surface area contributed by atoms with Gasteiger partial charge in [-0.3, -0.25) is 9.88 Å². The first-order chi connectivity index (χ1) is 15.7. The number of rotatable bonds is 7. The molecule has 1 aromatic carbocycles. The minimum atomic E-state index is 0.720. The molecule has 0 unspecified atom stereocenters. The van der Waals surface area contributed by atoms with E-state index in [9.17, 15) is 0 Å². The molecule has 0 atom stereocenters. The Labute approximate surface area is 188 Å². The first kappa shape index (κ1) is 20.5. The van der Waals surface area contributed by atoms with E-state index < -0.39 is 0 Å². The third-order valence-electron chi connectivity index (χ3n) is 5.94. The van der Waals surface area contributed by atoms with Gasteiger partial charge >= 0.3 is 0 Å². The minimum Gasteiger partial charge on any atom is -0.492 e. The topological polar surface area (TPSA) is 54.6 Å². The van der Waals surface area contributed by atoms with Crippen molar-refractivity contribution in [3.8, 4) is 28.2 Å². The molecule has 1 aliphatic rings. The Morgan fingerprint density at radius 1 is 0.969 bits per heavy atom. The quantitative estimate of drug-likeness (QED) is 0.408. The van der Waals surface area contributed by atoms with Crippen LogP contribution in [0.25, 0.3) is 33.6 Å². The van der Waals surface area contributed by atoms with Gasteiger partial charge in [-0.05, 0) is 68.4 Å². The molecule has 32 heavy (non-hydrogen) atoms. The minimum absolute atomic E-state index is 0.720. The summed E-state index contributed by atoms with van der Waals surface area (Å²) in [6.07, 6.45) is 6.30. The molecule has 6 heteroatoms. The molecule has 4 heterocycles. The highest BCUT2D eigenvalue weighted by molar-refractivity contribution is 5.92. The van der Waals surface area contributed by atoms with Gasteiger partial charge in [0.25, 0.3) is 0 Å². The number of benzene rings is 1. The Hall–Kier alpha value is -3.38. The van der Waals surface area contributed by atoms with Gasteiger partial charge in [-0.2, -0.15) is 0 Å². The Morgan fingerprint density at radius 3 is 2.47 bits per heavy atom. The first-order valence-corrected chi connectivity index (χ1v) is 11.2. The van der Waals surface area contributed by atoms with Crippen molar-refractivity contribution in [3.63, 3.8) is 0 Å². The zero-order valence-corrected chi connectivity index (χ0v) is 18.6. The van der Waals surface area contributed by atoms with E-state index in [4.69, 9.17) is 9.15 Å². The standard InChI is InChI=1S/C26H28N4O2/c1-29(2)25-10-7-20(18-28-25)22-11-12-27-23-17-24(32-26(22)23)19-5-8-21(9-6-19)31-16-15-30-13-3-4-14-30/h5-12,17-18H,3-4,13-16H2,1-2H3. The van der Waals surface area contributed by atoms with Crippen LogP contribution >= 0.6 is 0 Å². The summed E-state index contributed by atoms with van der Waals surface area (Å²) < 4.78 is 12.2. The molecule has 3 aromatic heterocycles. The van der Waals surface area contributed by atoms with E-state index in [0.29, 0.717) is 0 Å². The van der Waals surface area contributed by atoms with E-state index in [2.05, 4.69) is 20.9 Å². The van der Waals surface area contributed by atoms with Crippen LogP contribution in [0.4, 0.5) is 5.82 Å². The summed E-state index contributed by atoms with van der Waals surface area (Å²) in [5.74, 6) is 2.60. The summed E-state index contributed by atoms with van der Waals surface area (Å²) in [6.45, 7) is 4.10. The molecule has 0 spiro atoms. The Kier molecular flexibility index (Phi) is 5.77. The van der Waals surface area contributed by atoms with Gasteiger partial charge < -0.3 is 14.1 Å². The number of furan rings is 1. The maximum Gasteiger partial charge on any atom is 0.161 e. The Morgan fingerprint density at radius 2 is 1.75 bits per heavy atom. The molecule has 0 radical (unpaired) electrons. The van der Waals surface area contributed by atoms with E-state index in [1.165, 1.54) is 25.9 Å². The highest BCUT2D eigenvalue weighted by Gasteiger charge is 2.14. The maximum atomic E-state index is 6.26. The lowest BCUT2D eigenvalue weighted by atomic mass is 10.1. The molecule has 0 aliphatic carbocycles. The highest BCUT2D eigenvalue weighted by atomic mass is 16.5. The number of nitrogens with zero attached hydrogens (tertiary/aromatic N) is 4. The van der Waals surface area contributed by atoms with Gasteiger partial charge in [-0.25, -0.2) is 4.98 Å². The molecule has 1 fully saturated rings. The number of hydrogen-bond acceptors (Lipinski definition) is 6. The number of fused-ring (bicyclic) bond motifs is 1. The van der Waals surface area contributed by atoms with Crippen LogP contribution in [-0.2, 0) is 0 Å². The third-order valence-corrected chi connectivity index (χ3v) is 5.94. The molecule has 0 N–H and O–H groups in total. The monoisotopic (exact) mass is 428 g/mol. The Balaban J connectivity index is 1.34. The summed E-state index contributed by atoms with van der Waals surface area (Å²) in [4.78, 5) is 13.5. The smallest absolute Gasteiger partial charge is 0.161 e. The number of anilines is 1. The van der Waals surface area contributed by atoms with Crippen LogP contribution < -0.4 is 9.64 Å². The van der Waals surface area contributed by atoms with Crippen molar-refractivity contribution in [3.05, 3.63) is 60.9 Å². The second kappa shape index (κ2) is 9.01. The van der Waals surface area contributed by atoms with Crippen molar-refractivity contribution in [2.45, 2.75) is 12.8 Å². The van der Waals surface area contributed by atoms with Gasteiger partial charge in [0.2, 0.25) is 0 Å². The van der Waals surface area contributed by atoms with Gasteiger partial charge in [0.1, 0.15) is 29.5 Å². The summed E-state index contributed by atoms with van der Waals surface area (Å²) >= 11 is 0. The predicted octanol–water partition coefficient (Wildman–Crippen LogP) is 5.10. The van der Waals surface area contributed by atoms with E-state index in [-0.39, 0.29) is 0 Å². The molecule has 1 aliphatic heterocycles. The van der Waals surface area contributed by atoms with Gasteiger partial charge in [-0.15, -0.1) is 0 Å². The van der Waals surface area contributed by atoms with Crippen LogP contribution in [0.3, 0.4) is 0 Å². The van der Waals surface area contributed by atoms with Crippen molar-refractivity contribution in [1.82, 2.24) is 14.9 Å². The number of hydrogen-bond donors (Lipinski definition) is 0. The highest BCUT2D eigenvalue weighted by Crippen LogP contribution is 2.34. The van der Waals surface area contributed by atoms with Gasteiger partial charge in [0, 0.05) is 55.8 Å². The zero-order chi connectivity index (χ0) is 21.9. The molecule has 4 aromatic rings. The van der Waals surface area contributed by atoms with Crippen LogP contribution in [-0.4, -0.2) is 55.2 Å². The van der Waals surface area contributed by atoms with Gasteiger partial charge in [-0.1, -0.05) is 0 Å². The van der Waals surface area contributed by atoms with Crippen LogP contribution in [0.15, 0.2) is 65.3 Å². The average molecular weight is 429 g/mol. The summed E-state index contributed by atoms with van der Waals surface area (Å²) in [5, 5.41) is 0. The number of pyridine rings is 2. The van der Waals surface area contributed by atoms with Gasteiger partial charge in [0.15, 0.2) is 5.58 Å². The van der Waals surface area contributed by atoms with Crippen LogP contribution in [0.2, 0.25) is 0 Å². The van der Waals surface area contributed by atoms with Crippen molar-refractivity contribution >= 4 is 16.9 Å². The molecule has 6 nitrogen and oxygen atoms in total. The largest absolute Gasteiger partial charge is 0.492 e. The van der Waals surface area contributed by atoms with Crippen molar-refractivity contribution in [2.24, 2.45) is 0 Å². The van der Waals surface area contributed by atoms with E-state index in [0.717, 1.165) is 58.3 Å². The lowest BCUT2D eigenvalue weighted by Crippen LogP contribution is -2.25. The fourth-order valence-electron chi connectivity index (χ4n) is 4.13. The summed E-state index contributed by atoms with van der Waals surface area (Å²) in [5.41, 5.74) is 4.60. The lowest BCUT2D eigenvalue weighted by molar-refractivity contribution is 0.238. The van der Waals surface area contributed by atoms with Gasteiger partial charge in [0.05, 0.1) is 0 Å². The second-order valence-corrected chi connectivity index (χ2v) is 8.40. The molecule has 0 bridgehead atoms. The number of ether oxygens (including phenoxy) is 1. The van der Waals surface area contributed by atoms with E-state index in [1.54, 1.807) is 0 Å². The number of likely N-dealkylation sites (tertiary alicyclic amines) is 1. The zero-order valence-electron chi connectivity index (χ0n) is 18.6. The molecule has 0 amide bonds. The van der Waals surface area contributed by atoms with E-state index >= 15 is 0 Å². The molecule has 0 saturated carbocycles. The molecule has 5 rings (SSSR count). The fourth-order valence-corrected chi connectivity index (χ4v) is 4.13. The average Bonchev–Trinajstić information content (AvgIpc) is 3.49. The molecule has 1 saturated heterocycles. The Bertz CT molecular complexity index is 1180. The number of aromatic nitrogens is 2. The van der Waals surface area contributed by atoms with E-state index in [1.807, 2.05) is 73.9 Å². The SMILES string of the molecule is CN(C)c1ccc(-c2ccnc3cc(-c4ccc(OCCN5CCCC5)cc4)oc23)cn1. The molecular weight excluding hydrogens is 400 g/mol. The summed E-state index contributed by atoms with van der Waals surface area (Å²) in [6, 6.07) is 16.1. The third kappa shape index (κ3) is 4.32.